The van der Waals surface area contributed by atoms with Crippen molar-refractivity contribution in [1.29, 1.82) is 5.26 Å². The van der Waals surface area contributed by atoms with Gasteiger partial charge in [0, 0.05) is 34.2 Å². The van der Waals surface area contributed by atoms with Crippen molar-refractivity contribution in [1.82, 2.24) is 14.6 Å². The fourth-order valence-corrected chi connectivity index (χ4v) is 3.17. The van der Waals surface area contributed by atoms with E-state index in [-0.39, 0.29) is 0 Å². The Morgan fingerprint density at radius 3 is 2.79 bits per heavy atom. The molecule has 0 amide bonds. The molecule has 5 nitrogen and oxygen atoms in total. The topological polar surface area (TPSA) is 74.2 Å². The van der Waals surface area contributed by atoms with Gasteiger partial charge in [-0.1, -0.05) is 0 Å². The molecule has 0 aliphatic heterocycles. The molecule has 3 heterocycles. The minimum atomic E-state index is -0.806. The Balaban J connectivity index is 2.14. The number of pyridine rings is 2. The van der Waals surface area contributed by atoms with E-state index in [1.54, 1.807) is 24.4 Å². The van der Waals surface area contributed by atoms with Crippen LogP contribution < -0.4 is 0 Å². The van der Waals surface area contributed by atoms with Gasteiger partial charge in [-0.2, -0.15) is 14.8 Å². The van der Waals surface area contributed by atoms with Crippen molar-refractivity contribution in [2.45, 2.75) is 24.3 Å². The van der Waals surface area contributed by atoms with Crippen LogP contribution >= 0.6 is 11.8 Å². The zero-order valence-electron chi connectivity index (χ0n) is 13.2. The van der Waals surface area contributed by atoms with Gasteiger partial charge in [0.1, 0.15) is 6.07 Å². The molecule has 0 fully saturated rings. The van der Waals surface area contributed by atoms with Crippen molar-refractivity contribution in [3.63, 3.8) is 0 Å². The second-order valence-electron chi connectivity index (χ2n) is 6.02. The van der Waals surface area contributed by atoms with Crippen molar-refractivity contribution in [3.05, 3.63) is 48.3 Å². The maximum atomic E-state index is 13.1. The Kier molecular flexibility index (Phi) is 4.26. The van der Waals surface area contributed by atoms with Crippen LogP contribution in [0.4, 0.5) is 4.39 Å². The largest absolute Gasteiger partial charge is 0.390 e. The number of thioether (sulfide) groups is 1. The number of hydrogen-bond acceptors (Lipinski definition) is 5. The second kappa shape index (κ2) is 6.23. The van der Waals surface area contributed by atoms with E-state index in [4.69, 9.17) is 0 Å². The average molecular weight is 342 g/mol. The number of aliphatic hydroxyl groups is 1. The van der Waals surface area contributed by atoms with Crippen LogP contribution in [0.15, 0.2) is 41.7 Å². The van der Waals surface area contributed by atoms with E-state index in [2.05, 4.69) is 16.2 Å². The molecule has 0 saturated carbocycles. The van der Waals surface area contributed by atoms with Crippen molar-refractivity contribution >= 4 is 17.3 Å². The molecular formula is C17H15FN4OS. The van der Waals surface area contributed by atoms with Crippen molar-refractivity contribution in [2.24, 2.45) is 0 Å². The third kappa shape index (κ3) is 3.40. The molecule has 3 rings (SSSR count). The minimum absolute atomic E-state index is 0.438. The van der Waals surface area contributed by atoms with Crippen LogP contribution in [0.1, 0.15) is 19.4 Å². The Labute approximate surface area is 142 Å². The summed E-state index contributed by atoms with van der Waals surface area (Å²) in [5, 5.41) is 23.4. The molecule has 0 radical (unpaired) electrons. The smallest absolute Gasteiger partial charge is 0.212 e. The summed E-state index contributed by atoms with van der Waals surface area (Å²) in [6, 6.07) is 6.93. The van der Waals surface area contributed by atoms with Crippen molar-refractivity contribution < 1.29 is 9.50 Å². The number of halogens is 1. The van der Waals surface area contributed by atoms with E-state index >= 15 is 0 Å². The van der Waals surface area contributed by atoms with Crippen molar-refractivity contribution in [3.8, 4) is 17.2 Å². The number of aromatic nitrogens is 3. The van der Waals surface area contributed by atoms with E-state index in [1.807, 2.05) is 12.3 Å². The van der Waals surface area contributed by atoms with E-state index in [0.717, 1.165) is 10.5 Å². The molecular weight excluding hydrogens is 327 g/mol. The van der Waals surface area contributed by atoms with Gasteiger partial charge < -0.3 is 5.11 Å². The molecule has 0 aliphatic carbocycles. The highest BCUT2D eigenvalue weighted by Gasteiger charge is 2.16. The third-order valence-electron chi connectivity index (χ3n) is 3.34. The van der Waals surface area contributed by atoms with E-state index in [0.29, 0.717) is 22.4 Å². The van der Waals surface area contributed by atoms with Crippen LogP contribution in [0.2, 0.25) is 0 Å². The quantitative estimate of drug-likeness (QED) is 0.582. The molecule has 0 saturated heterocycles. The summed E-state index contributed by atoms with van der Waals surface area (Å²) in [5.41, 5.74) is 1.73. The first-order valence-electron chi connectivity index (χ1n) is 7.26. The van der Waals surface area contributed by atoms with Crippen LogP contribution in [0, 0.1) is 17.3 Å². The minimum Gasteiger partial charge on any atom is -0.390 e. The number of nitrogens with zero attached hydrogens (tertiary/aromatic N) is 4. The second-order valence-corrected chi connectivity index (χ2v) is 7.07. The highest BCUT2D eigenvalue weighted by Crippen LogP contribution is 2.32. The molecule has 0 aliphatic rings. The summed E-state index contributed by atoms with van der Waals surface area (Å²) in [4.78, 5) is 4.58. The Bertz CT molecular complexity index is 923. The Morgan fingerprint density at radius 2 is 2.17 bits per heavy atom. The maximum absolute atomic E-state index is 13.1. The first-order chi connectivity index (χ1) is 11.4. The molecule has 3 aromatic rings. The third-order valence-corrected chi connectivity index (χ3v) is 4.74. The highest BCUT2D eigenvalue weighted by molar-refractivity contribution is 7.99. The summed E-state index contributed by atoms with van der Waals surface area (Å²) in [6.07, 6.45) is 4.75. The molecule has 0 atom stereocenters. The van der Waals surface area contributed by atoms with E-state index < -0.39 is 11.5 Å². The first-order valence-corrected chi connectivity index (χ1v) is 8.24. The van der Waals surface area contributed by atoms with Gasteiger partial charge in [-0.05, 0) is 32.0 Å². The molecule has 24 heavy (non-hydrogen) atoms. The lowest BCUT2D eigenvalue weighted by atomic mass is 10.1. The zero-order chi connectivity index (χ0) is 17.3. The lowest BCUT2D eigenvalue weighted by Gasteiger charge is -2.16. The van der Waals surface area contributed by atoms with Gasteiger partial charge in [0.2, 0.25) is 5.95 Å². The molecule has 0 aromatic carbocycles. The van der Waals surface area contributed by atoms with E-state index in [9.17, 15) is 14.8 Å². The molecule has 122 valence electrons. The highest BCUT2D eigenvalue weighted by atomic mass is 32.2. The summed E-state index contributed by atoms with van der Waals surface area (Å²) in [5.74, 6) is -0.0530. The Hall–Kier alpha value is -2.43. The average Bonchev–Trinajstić information content (AvgIpc) is 2.95. The van der Waals surface area contributed by atoms with Crippen LogP contribution in [-0.4, -0.2) is 31.1 Å². The number of rotatable bonds is 4. The van der Waals surface area contributed by atoms with Gasteiger partial charge in [-0.3, -0.25) is 0 Å². The first kappa shape index (κ1) is 16.4. The van der Waals surface area contributed by atoms with Gasteiger partial charge in [0.05, 0.1) is 22.9 Å². The van der Waals surface area contributed by atoms with E-state index in [1.165, 1.54) is 30.2 Å². The standard InChI is InChI=1S/C17H15FN4OS/c1-17(2,23)10-24-13-5-14(11-3-4-15(18)20-7-11)16-12(6-19)8-21-22(16)9-13/h3-5,7-9,23H,10H2,1-2H3. The lowest BCUT2D eigenvalue weighted by Crippen LogP contribution is -2.21. The predicted molar refractivity (Wildman–Crippen MR) is 90.1 cm³/mol. The monoisotopic (exact) mass is 342 g/mol. The van der Waals surface area contributed by atoms with Crippen LogP contribution in [0.3, 0.4) is 0 Å². The summed E-state index contributed by atoms with van der Waals surface area (Å²) >= 11 is 1.48. The predicted octanol–water partition coefficient (Wildman–Crippen LogP) is 3.27. The lowest BCUT2D eigenvalue weighted by molar-refractivity contribution is 0.107. The molecule has 0 unspecified atom stereocenters. The molecule has 0 spiro atoms. The number of nitriles is 1. The summed E-state index contributed by atoms with van der Waals surface area (Å²) < 4.78 is 14.7. The van der Waals surface area contributed by atoms with Gasteiger partial charge >= 0.3 is 0 Å². The SMILES string of the molecule is CC(C)(O)CSc1cc(-c2ccc(F)nc2)c2c(C#N)cnn2c1. The zero-order valence-corrected chi connectivity index (χ0v) is 14.0. The summed E-state index contributed by atoms with van der Waals surface area (Å²) in [7, 11) is 0. The Morgan fingerprint density at radius 1 is 1.38 bits per heavy atom. The molecule has 1 N–H and O–H groups in total. The molecule has 7 heteroatoms. The fourth-order valence-electron chi connectivity index (χ4n) is 2.27. The van der Waals surface area contributed by atoms with Crippen LogP contribution in [-0.2, 0) is 0 Å². The van der Waals surface area contributed by atoms with Gasteiger partial charge in [-0.25, -0.2) is 9.50 Å². The molecule has 3 aromatic heterocycles. The normalized spacial score (nSPS) is 11.6. The van der Waals surface area contributed by atoms with Crippen LogP contribution in [0.25, 0.3) is 16.6 Å². The van der Waals surface area contributed by atoms with Crippen LogP contribution in [0.5, 0.6) is 0 Å². The molecule has 0 bridgehead atoms. The van der Waals surface area contributed by atoms with Gasteiger partial charge in [0.15, 0.2) is 0 Å². The van der Waals surface area contributed by atoms with Gasteiger partial charge in [0.25, 0.3) is 0 Å². The fraction of sp³-hybridized carbons (Fsp3) is 0.235. The van der Waals surface area contributed by atoms with Crippen molar-refractivity contribution in [2.75, 3.05) is 5.75 Å². The number of hydrogen-bond donors (Lipinski definition) is 1. The number of fused-ring (bicyclic) bond motifs is 1. The summed E-state index contributed by atoms with van der Waals surface area (Å²) in [6.45, 7) is 3.48. The maximum Gasteiger partial charge on any atom is 0.212 e. The van der Waals surface area contributed by atoms with Gasteiger partial charge in [-0.15, -0.1) is 11.8 Å².